The molecule has 0 aliphatic carbocycles. The first-order chi connectivity index (χ1) is 35.5. The zero-order valence-corrected chi connectivity index (χ0v) is 48.5. The molecule has 0 bridgehead atoms. The van der Waals surface area contributed by atoms with Crippen molar-refractivity contribution in [2.75, 3.05) is 13.2 Å². The summed E-state index contributed by atoms with van der Waals surface area (Å²) in [6.45, 7) is 6.65. The Labute approximate surface area is 448 Å². The third kappa shape index (κ3) is 58.5. The van der Waals surface area contributed by atoms with E-state index in [0.717, 1.165) is 83.5 Å². The van der Waals surface area contributed by atoms with Gasteiger partial charge in [0.25, 0.3) is 0 Å². The fourth-order valence-corrected chi connectivity index (χ4v) is 9.53. The molecule has 6 heteroatoms. The van der Waals surface area contributed by atoms with Crippen LogP contribution < -0.4 is 0 Å². The molecule has 0 aliphatic rings. The highest BCUT2D eigenvalue weighted by Crippen LogP contribution is 2.17. The van der Waals surface area contributed by atoms with Crippen molar-refractivity contribution >= 4 is 17.9 Å². The largest absolute Gasteiger partial charge is 0.462 e. The van der Waals surface area contributed by atoms with Crippen LogP contribution in [0.15, 0.2) is 36.5 Å². The minimum atomic E-state index is -0.776. The Hall–Kier alpha value is -2.37. The number of esters is 3. The first-order valence-electron chi connectivity index (χ1n) is 32.0. The molecule has 0 saturated heterocycles. The molecule has 0 heterocycles. The van der Waals surface area contributed by atoms with Gasteiger partial charge in [0, 0.05) is 19.3 Å². The fraction of sp³-hybridized carbons (Fsp3) is 0.864. The molecule has 0 fully saturated rings. The zero-order chi connectivity index (χ0) is 52.2. The molecule has 0 aliphatic heterocycles. The van der Waals surface area contributed by atoms with Crippen LogP contribution in [0.4, 0.5) is 0 Å². The van der Waals surface area contributed by atoms with E-state index in [1.165, 1.54) is 225 Å². The standard InChI is InChI=1S/C66H122O6/c1-4-7-10-13-16-19-22-24-26-28-29-30-31-32-33-34-35-36-37-38-40-41-44-47-50-53-56-59-65(68)71-62-63(61-70-64(67)58-55-52-49-46-43-21-18-15-12-9-6-3)72-66(69)60-57-54-51-48-45-42-39-27-25-23-20-17-14-11-8-5-2/h20,23,27-29,39,63H,4-19,21-22,24-26,30-38,40-62H2,1-3H3/b23-20-,29-28-,39-27-. The van der Waals surface area contributed by atoms with E-state index in [-0.39, 0.29) is 31.1 Å². The number of ether oxygens (including phenoxy) is 3. The molecule has 6 nitrogen and oxygen atoms in total. The number of unbranched alkanes of at least 4 members (excludes halogenated alkanes) is 42. The molecule has 1 unspecified atom stereocenters. The van der Waals surface area contributed by atoms with E-state index in [1.807, 2.05) is 0 Å². The van der Waals surface area contributed by atoms with Gasteiger partial charge in [-0.05, 0) is 77.0 Å². The van der Waals surface area contributed by atoms with Crippen molar-refractivity contribution in [3.05, 3.63) is 36.5 Å². The molecule has 0 N–H and O–H groups in total. The van der Waals surface area contributed by atoms with Gasteiger partial charge < -0.3 is 14.2 Å². The molecule has 0 saturated carbocycles. The highest BCUT2D eigenvalue weighted by atomic mass is 16.6. The second kappa shape index (κ2) is 61.2. The number of hydrogen-bond acceptors (Lipinski definition) is 6. The monoisotopic (exact) mass is 1010 g/mol. The molecule has 1 atom stereocenters. The van der Waals surface area contributed by atoms with Gasteiger partial charge in [-0.25, -0.2) is 0 Å². The van der Waals surface area contributed by atoms with Crippen LogP contribution in [0.25, 0.3) is 0 Å². The predicted molar refractivity (Wildman–Crippen MR) is 312 cm³/mol. The Balaban J connectivity index is 4.18. The summed E-state index contributed by atoms with van der Waals surface area (Å²) >= 11 is 0. The van der Waals surface area contributed by atoms with Crippen molar-refractivity contribution in [3.63, 3.8) is 0 Å². The van der Waals surface area contributed by atoms with Crippen LogP contribution in [-0.4, -0.2) is 37.2 Å². The highest BCUT2D eigenvalue weighted by molar-refractivity contribution is 5.71. The van der Waals surface area contributed by atoms with Crippen molar-refractivity contribution < 1.29 is 28.6 Å². The molecule has 0 rings (SSSR count). The van der Waals surface area contributed by atoms with Crippen LogP contribution in [-0.2, 0) is 28.6 Å². The van der Waals surface area contributed by atoms with E-state index < -0.39 is 6.10 Å². The van der Waals surface area contributed by atoms with E-state index >= 15 is 0 Å². The smallest absolute Gasteiger partial charge is 0.306 e. The number of hydrogen-bond donors (Lipinski definition) is 0. The molecular formula is C66H122O6. The Morgan fingerprint density at radius 2 is 0.500 bits per heavy atom. The molecule has 0 spiro atoms. The van der Waals surface area contributed by atoms with Gasteiger partial charge in [-0.2, -0.15) is 0 Å². The Bertz CT molecular complexity index is 1210. The van der Waals surface area contributed by atoms with Crippen LogP contribution >= 0.6 is 0 Å². The predicted octanol–water partition coefficient (Wildman–Crippen LogP) is 21.6. The van der Waals surface area contributed by atoms with E-state index in [9.17, 15) is 14.4 Å². The molecule has 0 radical (unpaired) electrons. The first-order valence-corrected chi connectivity index (χ1v) is 32.0. The second-order valence-corrected chi connectivity index (χ2v) is 21.7. The quantitative estimate of drug-likeness (QED) is 0.0261. The summed E-state index contributed by atoms with van der Waals surface area (Å²) in [6.07, 6.45) is 74.5. The van der Waals surface area contributed by atoms with Gasteiger partial charge in [0.1, 0.15) is 13.2 Å². The summed E-state index contributed by atoms with van der Waals surface area (Å²) in [4.78, 5) is 38.2. The minimum Gasteiger partial charge on any atom is -0.462 e. The summed E-state index contributed by atoms with van der Waals surface area (Å²) in [5.41, 5.74) is 0. The van der Waals surface area contributed by atoms with Gasteiger partial charge >= 0.3 is 17.9 Å². The molecule has 0 amide bonds. The maximum atomic E-state index is 12.9. The van der Waals surface area contributed by atoms with Crippen LogP contribution in [0.1, 0.15) is 348 Å². The molecule has 422 valence electrons. The Kier molecular flexibility index (Phi) is 59.2. The summed E-state index contributed by atoms with van der Waals surface area (Å²) in [5.74, 6) is -0.867. The topological polar surface area (TPSA) is 78.9 Å². The van der Waals surface area contributed by atoms with Crippen molar-refractivity contribution in [2.45, 2.75) is 354 Å². The number of carbonyl (C=O) groups excluding carboxylic acids is 3. The van der Waals surface area contributed by atoms with Crippen LogP contribution in [0, 0.1) is 0 Å². The maximum Gasteiger partial charge on any atom is 0.306 e. The van der Waals surface area contributed by atoms with Crippen molar-refractivity contribution in [1.82, 2.24) is 0 Å². The third-order valence-corrected chi connectivity index (χ3v) is 14.4. The van der Waals surface area contributed by atoms with Gasteiger partial charge in [0.15, 0.2) is 6.10 Å². The highest BCUT2D eigenvalue weighted by Gasteiger charge is 2.19. The molecule has 0 aromatic carbocycles. The van der Waals surface area contributed by atoms with Crippen molar-refractivity contribution in [3.8, 4) is 0 Å². The average Bonchev–Trinajstić information content (AvgIpc) is 3.38. The van der Waals surface area contributed by atoms with Crippen LogP contribution in [0.5, 0.6) is 0 Å². The van der Waals surface area contributed by atoms with Gasteiger partial charge in [0.05, 0.1) is 0 Å². The second-order valence-electron chi connectivity index (χ2n) is 21.7. The van der Waals surface area contributed by atoms with E-state index in [2.05, 4.69) is 57.2 Å². The van der Waals surface area contributed by atoms with E-state index in [0.29, 0.717) is 19.3 Å². The Morgan fingerprint density at radius 3 is 0.792 bits per heavy atom. The number of allylic oxidation sites excluding steroid dienone is 6. The van der Waals surface area contributed by atoms with Crippen molar-refractivity contribution in [2.24, 2.45) is 0 Å². The molecular weight excluding hydrogens is 889 g/mol. The summed E-state index contributed by atoms with van der Waals surface area (Å²) in [7, 11) is 0. The summed E-state index contributed by atoms with van der Waals surface area (Å²) in [6, 6.07) is 0. The van der Waals surface area contributed by atoms with Gasteiger partial charge in [-0.3, -0.25) is 14.4 Å². The molecule has 0 aromatic heterocycles. The van der Waals surface area contributed by atoms with Gasteiger partial charge in [0.2, 0.25) is 0 Å². The lowest BCUT2D eigenvalue weighted by Crippen LogP contribution is -2.30. The minimum absolute atomic E-state index is 0.0735. The lowest BCUT2D eigenvalue weighted by atomic mass is 10.0. The maximum absolute atomic E-state index is 12.9. The molecule has 72 heavy (non-hydrogen) atoms. The van der Waals surface area contributed by atoms with Gasteiger partial charge in [-0.1, -0.05) is 288 Å². The lowest BCUT2D eigenvalue weighted by molar-refractivity contribution is -0.167. The number of rotatable bonds is 59. The zero-order valence-electron chi connectivity index (χ0n) is 48.5. The van der Waals surface area contributed by atoms with Crippen LogP contribution in [0.2, 0.25) is 0 Å². The summed E-state index contributed by atoms with van der Waals surface area (Å²) < 4.78 is 16.9. The van der Waals surface area contributed by atoms with E-state index in [1.54, 1.807) is 0 Å². The Morgan fingerprint density at radius 1 is 0.278 bits per heavy atom. The normalized spacial score (nSPS) is 12.2. The van der Waals surface area contributed by atoms with Crippen LogP contribution in [0.3, 0.4) is 0 Å². The average molecular weight is 1010 g/mol. The third-order valence-electron chi connectivity index (χ3n) is 14.4. The molecule has 0 aromatic rings. The number of carbonyl (C=O) groups is 3. The van der Waals surface area contributed by atoms with Crippen molar-refractivity contribution in [1.29, 1.82) is 0 Å². The van der Waals surface area contributed by atoms with E-state index in [4.69, 9.17) is 14.2 Å². The van der Waals surface area contributed by atoms with Gasteiger partial charge in [-0.15, -0.1) is 0 Å². The lowest BCUT2D eigenvalue weighted by Gasteiger charge is -2.18. The fourth-order valence-electron chi connectivity index (χ4n) is 9.53. The first kappa shape index (κ1) is 69.6. The SMILES string of the molecule is CCCCCC/C=C\C/C=C\CCCCCCCC(=O)OC(COC(=O)CCCCCCCCCCCCC)COC(=O)CCCCCCCCCCCCCCCCC/C=C\CCCCCCCCCC. The summed E-state index contributed by atoms with van der Waals surface area (Å²) in [5, 5.41) is 0.